The zero-order valence-corrected chi connectivity index (χ0v) is 16.5. The van der Waals surface area contributed by atoms with Gasteiger partial charge in [-0.1, -0.05) is 0 Å². The normalized spacial score (nSPS) is 40.3. The lowest BCUT2D eigenvalue weighted by atomic mass is 9.89. The Balaban J connectivity index is 1.13. The fraction of sp³-hybridized carbons (Fsp3) is 0.944. The first-order chi connectivity index (χ1) is 13.7. The molecule has 158 valence electrons. The molecule has 0 aromatic rings. The van der Waals surface area contributed by atoms with Crippen molar-refractivity contribution in [1.82, 2.24) is 31.0 Å². The van der Waals surface area contributed by atoms with Crippen LogP contribution in [0.1, 0.15) is 19.3 Å². The summed E-state index contributed by atoms with van der Waals surface area (Å²) >= 11 is 0. The van der Waals surface area contributed by atoms with Gasteiger partial charge in [0.1, 0.15) is 0 Å². The summed E-state index contributed by atoms with van der Waals surface area (Å²) in [5, 5.41) is 6.25. The molecule has 0 aromatic heterocycles. The first-order valence-electron chi connectivity index (χ1n) is 10.6. The molecule has 5 aliphatic heterocycles. The first kappa shape index (κ1) is 19.0. The van der Waals surface area contributed by atoms with Crippen LogP contribution in [0.5, 0.6) is 0 Å². The van der Waals surface area contributed by atoms with Crippen LogP contribution < -0.4 is 16.2 Å². The molecule has 0 saturated carbocycles. The molecule has 0 radical (unpaired) electrons. The Morgan fingerprint density at radius 2 is 1.96 bits per heavy atom. The highest BCUT2D eigenvalue weighted by Crippen LogP contribution is 2.32. The standard InChI is InChI=1S/C18H32N6O4/c1-26-18(25)23-6-4-22(5-7-23)16-8-15(28-21-16)14-3-2-12-9-19-24(17(12)20-14)13-10-27-11-13/h12-17,19-21H,2-11H2,1H3. The lowest BCUT2D eigenvalue weighted by Gasteiger charge is -2.43. The average Bonchev–Trinajstić information content (AvgIpc) is 3.34. The van der Waals surface area contributed by atoms with Crippen LogP contribution in [0.2, 0.25) is 0 Å². The third-order valence-electron chi connectivity index (χ3n) is 6.98. The van der Waals surface area contributed by atoms with E-state index < -0.39 is 0 Å². The second-order valence-corrected chi connectivity index (χ2v) is 8.53. The quantitative estimate of drug-likeness (QED) is 0.550. The molecule has 1 amide bonds. The summed E-state index contributed by atoms with van der Waals surface area (Å²) in [6.07, 6.45) is 3.86. The van der Waals surface area contributed by atoms with Gasteiger partial charge in [0.2, 0.25) is 0 Å². The maximum atomic E-state index is 11.7. The smallest absolute Gasteiger partial charge is 0.409 e. The first-order valence-corrected chi connectivity index (χ1v) is 10.6. The molecule has 5 fully saturated rings. The fourth-order valence-electron chi connectivity index (χ4n) is 5.16. The van der Waals surface area contributed by atoms with Gasteiger partial charge in [-0.3, -0.25) is 20.5 Å². The minimum atomic E-state index is -0.235. The van der Waals surface area contributed by atoms with Crippen LogP contribution in [0.3, 0.4) is 0 Å². The molecule has 5 aliphatic rings. The van der Waals surface area contributed by atoms with Crippen molar-refractivity contribution in [2.45, 2.75) is 49.8 Å². The second-order valence-electron chi connectivity index (χ2n) is 8.53. The highest BCUT2D eigenvalue weighted by atomic mass is 16.7. The summed E-state index contributed by atoms with van der Waals surface area (Å²) in [4.78, 5) is 21.8. The van der Waals surface area contributed by atoms with Crippen molar-refractivity contribution in [1.29, 1.82) is 0 Å². The van der Waals surface area contributed by atoms with E-state index in [1.165, 1.54) is 13.5 Å². The van der Waals surface area contributed by atoms with Crippen molar-refractivity contribution in [3.63, 3.8) is 0 Å². The number of piperidine rings is 1. The summed E-state index contributed by atoms with van der Waals surface area (Å²) in [7, 11) is 1.44. The van der Waals surface area contributed by atoms with Gasteiger partial charge in [0, 0.05) is 51.1 Å². The van der Waals surface area contributed by atoms with Crippen molar-refractivity contribution < 1.29 is 19.1 Å². The van der Waals surface area contributed by atoms with Crippen LogP contribution in [-0.2, 0) is 14.3 Å². The highest BCUT2D eigenvalue weighted by Gasteiger charge is 2.46. The molecule has 0 aliphatic carbocycles. The maximum Gasteiger partial charge on any atom is 0.409 e. The molecular formula is C18H32N6O4. The van der Waals surface area contributed by atoms with Crippen LogP contribution in [-0.4, -0.2) is 104 Å². The minimum Gasteiger partial charge on any atom is -0.453 e. The molecule has 5 unspecified atom stereocenters. The van der Waals surface area contributed by atoms with E-state index in [1.807, 2.05) is 0 Å². The van der Waals surface area contributed by atoms with Crippen LogP contribution in [0.15, 0.2) is 0 Å². The minimum absolute atomic E-state index is 0.171. The van der Waals surface area contributed by atoms with Crippen molar-refractivity contribution in [3.8, 4) is 0 Å². The number of ether oxygens (including phenoxy) is 2. The van der Waals surface area contributed by atoms with Crippen LogP contribution in [0, 0.1) is 5.92 Å². The number of hydroxylamine groups is 1. The Kier molecular flexibility index (Phi) is 5.44. The molecular weight excluding hydrogens is 364 g/mol. The Morgan fingerprint density at radius 1 is 1.14 bits per heavy atom. The summed E-state index contributed by atoms with van der Waals surface area (Å²) in [5.74, 6) is 0.661. The number of carbonyl (C=O) groups excluding carboxylic acids is 1. The number of piperazine rings is 1. The molecule has 0 spiro atoms. The van der Waals surface area contributed by atoms with Gasteiger partial charge in [-0.05, 0) is 12.8 Å². The lowest BCUT2D eigenvalue weighted by molar-refractivity contribution is -0.102. The number of rotatable bonds is 3. The number of nitrogens with one attached hydrogen (secondary N) is 3. The number of fused-ring (bicyclic) bond motifs is 1. The Labute approximate surface area is 165 Å². The van der Waals surface area contributed by atoms with Crippen molar-refractivity contribution in [2.75, 3.05) is 53.0 Å². The summed E-state index contributed by atoms with van der Waals surface area (Å²) < 4.78 is 10.2. The van der Waals surface area contributed by atoms with Gasteiger partial charge in [0.15, 0.2) is 0 Å². The van der Waals surface area contributed by atoms with Gasteiger partial charge in [0.05, 0.1) is 44.8 Å². The highest BCUT2D eigenvalue weighted by molar-refractivity contribution is 5.67. The van der Waals surface area contributed by atoms with Crippen molar-refractivity contribution in [2.24, 2.45) is 5.92 Å². The Hall–Kier alpha value is -1.01. The summed E-state index contributed by atoms with van der Waals surface area (Å²) in [5.41, 5.74) is 6.82. The SMILES string of the molecule is COC(=O)N1CCN(C2CC(C3CCC4CNN(C5COC5)C4N3)ON2)CC1. The number of carbonyl (C=O) groups is 1. The zero-order chi connectivity index (χ0) is 19.1. The number of hydrazine groups is 1. The van der Waals surface area contributed by atoms with Gasteiger partial charge in [-0.2, -0.15) is 5.48 Å². The molecule has 10 nitrogen and oxygen atoms in total. The van der Waals surface area contributed by atoms with Crippen LogP contribution in [0.4, 0.5) is 4.79 Å². The largest absolute Gasteiger partial charge is 0.453 e. The van der Waals surface area contributed by atoms with Gasteiger partial charge in [0.25, 0.3) is 0 Å². The monoisotopic (exact) mass is 396 g/mol. The van der Waals surface area contributed by atoms with E-state index in [2.05, 4.69) is 26.1 Å². The van der Waals surface area contributed by atoms with Gasteiger partial charge in [-0.25, -0.2) is 9.80 Å². The third-order valence-corrected chi connectivity index (χ3v) is 6.98. The molecule has 28 heavy (non-hydrogen) atoms. The number of amides is 1. The lowest BCUT2D eigenvalue weighted by Crippen LogP contribution is -2.63. The number of hydrogen-bond acceptors (Lipinski definition) is 9. The molecule has 3 N–H and O–H groups in total. The van der Waals surface area contributed by atoms with Gasteiger partial charge in [-0.15, -0.1) is 0 Å². The van der Waals surface area contributed by atoms with E-state index in [-0.39, 0.29) is 18.4 Å². The fourth-order valence-corrected chi connectivity index (χ4v) is 5.16. The molecule has 5 rings (SSSR count). The van der Waals surface area contributed by atoms with Crippen LogP contribution >= 0.6 is 0 Å². The van der Waals surface area contributed by atoms with Crippen LogP contribution in [0.25, 0.3) is 0 Å². The molecule has 0 aromatic carbocycles. The third kappa shape index (κ3) is 3.51. The van der Waals surface area contributed by atoms with E-state index in [0.29, 0.717) is 37.3 Å². The summed E-state index contributed by atoms with van der Waals surface area (Å²) in [6.45, 7) is 5.78. The topological polar surface area (TPSA) is 90.6 Å². The number of hydrogen-bond donors (Lipinski definition) is 3. The van der Waals surface area contributed by atoms with E-state index >= 15 is 0 Å². The molecule has 10 heteroatoms. The van der Waals surface area contributed by atoms with E-state index in [1.54, 1.807) is 4.90 Å². The predicted molar refractivity (Wildman–Crippen MR) is 99.8 cm³/mol. The Morgan fingerprint density at radius 3 is 2.68 bits per heavy atom. The second kappa shape index (κ2) is 8.02. The van der Waals surface area contributed by atoms with Crippen molar-refractivity contribution >= 4 is 6.09 Å². The van der Waals surface area contributed by atoms with Gasteiger partial charge < -0.3 is 14.4 Å². The molecule has 5 atom stereocenters. The summed E-state index contributed by atoms with van der Waals surface area (Å²) in [6, 6.07) is 0.848. The Bertz CT molecular complexity index is 570. The predicted octanol–water partition coefficient (Wildman–Crippen LogP) is -1.10. The maximum absolute atomic E-state index is 11.7. The van der Waals surface area contributed by atoms with Gasteiger partial charge >= 0.3 is 6.09 Å². The van der Waals surface area contributed by atoms with E-state index in [9.17, 15) is 4.79 Å². The average molecular weight is 396 g/mol. The molecule has 5 saturated heterocycles. The van der Waals surface area contributed by atoms with Crippen molar-refractivity contribution in [3.05, 3.63) is 0 Å². The van der Waals surface area contributed by atoms with E-state index in [0.717, 1.165) is 45.7 Å². The zero-order valence-electron chi connectivity index (χ0n) is 16.5. The molecule has 0 bridgehead atoms. The number of methoxy groups -OCH3 is 1. The van der Waals surface area contributed by atoms with E-state index in [4.69, 9.17) is 14.3 Å². The number of nitrogens with zero attached hydrogens (tertiary/aromatic N) is 3. The molecule has 5 heterocycles.